The summed E-state index contributed by atoms with van der Waals surface area (Å²) in [5.41, 5.74) is 1.25. The van der Waals surface area contributed by atoms with Crippen LogP contribution in [0.2, 0.25) is 0 Å². The summed E-state index contributed by atoms with van der Waals surface area (Å²) in [6.45, 7) is 8.42. The fourth-order valence-corrected chi connectivity index (χ4v) is 2.45. The van der Waals surface area contributed by atoms with Gasteiger partial charge < -0.3 is 9.47 Å². The molecular weight excluding hydrogens is 348 g/mol. The number of rotatable bonds is 12. The Hall–Kier alpha value is -3.33. The van der Waals surface area contributed by atoms with E-state index in [1.54, 1.807) is 36.4 Å². The Morgan fingerprint density at radius 3 is 1.46 bits per heavy atom. The fraction of sp³-hybridized carbons (Fsp3) is 0.160. The summed E-state index contributed by atoms with van der Waals surface area (Å²) >= 11 is 0. The molecule has 0 aliphatic rings. The van der Waals surface area contributed by atoms with Crippen LogP contribution in [0.15, 0.2) is 98.1 Å². The molecule has 28 heavy (non-hydrogen) atoms. The van der Waals surface area contributed by atoms with Gasteiger partial charge in [-0.25, -0.2) is 0 Å². The highest BCUT2D eigenvalue weighted by molar-refractivity contribution is 6.09. The number of hydrogen-bond acceptors (Lipinski definition) is 3. The second kappa shape index (κ2) is 12.1. The average Bonchev–Trinajstić information content (AvgIpc) is 2.74. The summed E-state index contributed by atoms with van der Waals surface area (Å²) in [4.78, 5) is 12.6. The normalized spacial score (nSPS) is 10.9. The largest absolute Gasteiger partial charge is 0.493 e. The smallest absolute Gasteiger partial charge is 0.193 e. The standard InChI is InChI=1S/C25H26O3/c1-3-5-7-9-19-27-23-15-11-21(12-16-23)25(26)22-13-17-24(18-14-22)28-20-10-8-6-4-2/h3-8,11-18H,1-2,9-10,19-20H2. The number of benzene rings is 2. The topological polar surface area (TPSA) is 35.5 Å². The lowest BCUT2D eigenvalue weighted by Gasteiger charge is -2.07. The van der Waals surface area contributed by atoms with Gasteiger partial charge in [-0.1, -0.05) is 49.6 Å². The number of carbonyl (C=O) groups is 1. The third kappa shape index (κ3) is 7.12. The summed E-state index contributed by atoms with van der Waals surface area (Å²) < 4.78 is 11.3. The van der Waals surface area contributed by atoms with Gasteiger partial charge in [-0.15, -0.1) is 0 Å². The second-order valence-electron chi connectivity index (χ2n) is 5.98. The van der Waals surface area contributed by atoms with Crippen LogP contribution >= 0.6 is 0 Å². The van der Waals surface area contributed by atoms with Crippen molar-refractivity contribution in [1.82, 2.24) is 0 Å². The lowest BCUT2D eigenvalue weighted by atomic mass is 10.0. The first-order chi connectivity index (χ1) is 13.7. The molecule has 0 aromatic heterocycles. The van der Waals surface area contributed by atoms with Crippen molar-refractivity contribution in [2.75, 3.05) is 13.2 Å². The highest BCUT2D eigenvalue weighted by Crippen LogP contribution is 2.18. The summed E-state index contributed by atoms with van der Waals surface area (Å²) in [7, 11) is 0. The molecule has 0 bridgehead atoms. The van der Waals surface area contributed by atoms with E-state index in [2.05, 4.69) is 13.2 Å². The Balaban J connectivity index is 1.87. The Bertz CT molecular complexity index is 742. The van der Waals surface area contributed by atoms with Crippen molar-refractivity contribution in [2.45, 2.75) is 12.8 Å². The SMILES string of the molecule is C=CC=CCCOc1ccc(C(=O)c2ccc(OCCC=CC=C)cc2)cc1. The third-order valence-electron chi connectivity index (χ3n) is 3.88. The molecule has 0 spiro atoms. The number of allylic oxidation sites excluding steroid dienone is 4. The van der Waals surface area contributed by atoms with Crippen LogP contribution in [-0.4, -0.2) is 19.0 Å². The summed E-state index contributed by atoms with van der Waals surface area (Å²) in [6.07, 6.45) is 12.9. The molecule has 3 nitrogen and oxygen atoms in total. The van der Waals surface area contributed by atoms with E-state index in [-0.39, 0.29) is 5.78 Å². The molecular formula is C25H26O3. The Kier molecular flexibility index (Phi) is 9.09. The van der Waals surface area contributed by atoms with Crippen LogP contribution in [0.5, 0.6) is 11.5 Å². The number of ether oxygens (including phenoxy) is 2. The van der Waals surface area contributed by atoms with Crippen LogP contribution in [0, 0.1) is 0 Å². The zero-order chi connectivity index (χ0) is 20.0. The fourth-order valence-electron chi connectivity index (χ4n) is 2.45. The number of hydrogen-bond donors (Lipinski definition) is 0. The van der Waals surface area contributed by atoms with Crippen molar-refractivity contribution in [3.05, 3.63) is 109 Å². The highest BCUT2D eigenvalue weighted by atomic mass is 16.5. The number of carbonyl (C=O) groups excluding carboxylic acids is 1. The first-order valence-corrected chi connectivity index (χ1v) is 9.30. The molecule has 2 aromatic rings. The summed E-state index contributed by atoms with van der Waals surface area (Å²) in [5, 5.41) is 0. The van der Waals surface area contributed by atoms with Crippen molar-refractivity contribution >= 4 is 5.78 Å². The van der Waals surface area contributed by atoms with E-state index in [1.165, 1.54) is 0 Å². The van der Waals surface area contributed by atoms with Gasteiger partial charge in [-0.05, 0) is 61.4 Å². The van der Waals surface area contributed by atoms with Crippen molar-refractivity contribution < 1.29 is 14.3 Å². The summed E-state index contributed by atoms with van der Waals surface area (Å²) in [6, 6.07) is 14.4. The van der Waals surface area contributed by atoms with Crippen LogP contribution in [0.4, 0.5) is 0 Å². The van der Waals surface area contributed by atoms with Crippen LogP contribution in [0.25, 0.3) is 0 Å². The van der Waals surface area contributed by atoms with Gasteiger partial charge in [0.05, 0.1) is 13.2 Å². The van der Waals surface area contributed by atoms with Gasteiger partial charge in [0.2, 0.25) is 0 Å². The molecule has 0 saturated heterocycles. The molecule has 144 valence electrons. The molecule has 0 fully saturated rings. The molecule has 0 saturated carbocycles. The first-order valence-electron chi connectivity index (χ1n) is 9.30. The Morgan fingerprint density at radius 1 is 0.714 bits per heavy atom. The maximum absolute atomic E-state index is 12.6. The van der Waals surface area contributed by atoms with Crippen LogP contribution in [0.1, 0.15) is 28.8 Å². The van der Waals surface area contributed by atoms with Gasteiger partial charge in [-0.2, -0.15) is 0 Å². The van der Waals surface area contributed by atoms with Gasteiger partial charge in [0.15, 0.2) is 5.78 Å². The minimum Gasteiger partial charge on any atom is -0.493 e. The van der Waals surface area contributed by atoms with E-state index in [0.717, 1.165) is 24.3 Å². The number of ketones is 1. The van der Waals surface area contributed by atoms with Crippen molar-refractivity contribution in [2.24, 2.45) is 0 Å². The van der Waals surface area contributed by atoms with Gasteiger partial charge >= 0.3 is 0 Å². The van der Waals surface area contributed by atoms with E-state index >= 15 is 0 Å². The van der Waals surface area contributed by atoms with Crippen molar-refractivity contribution in [3.8, 4) is 11.5 Å². The van der Waals surface area contributed by atoms with Gasteiger partial charge in [0.1, 0.15) is 11.5 Å². The highest BCUT2D eigenvalue weighted by Gasteiger charge is 2.09. The van der Waals surface area contributed by atoms with Crippen LogP contribution in [0.3, 0.4) is 0 Å². The molecule has 3 heteroatoms. The zero-order valence-corrected chi connectivity index (χ0v) is 16.1. The van der Waals surface area contributed by atoms with Crippen molar-refractivity contribution in [3.63, 3.8) is 0 Å². The quantitative estimate of drug-likeness (QED) is 0.262. The minimum absolute atomic E-state index is 0.0269. The third-order valence-corrected chi connectivity index (χ3v) is 3.88. The lowest BCUT2D eigenvalue weighted by molar-refractivity contribution is 0.103. The predicted molar refractivity (Wildman–Crippen MR) is 115 cm³/mol. The summed E-state index contributed by atoms with van der Waals surface area (Å²) in [5.74, 6) is 1.47. The maximum atomic E-state index is 12.6. The van der Waals surface area contributed by atoms with E-state index in [4.69, 9.17) is 9.47 Å². The molecule has 0 aliphatic heterocycles. The van der Waals surface area contributed by atoms with Crippen LogP contribution in [-0.2, 0) is 0 Å². The van der Waals surface area contributed by atoms with Gasteiger partial charge in [0, 0.05) is 11.1 Å². The zero-order valence-electron chi connectivity index (χ0n) is 16.1. The molecule has 0 radical (unpaired) electrons. The molecule has 2 rings (SSSR count). The molecule has 0 N–H and O–H groups in total. The van der Waals surface area contributed by atoms with Crippen molar-refractivity contribution in [1.29, 1.82) is 0 Å². The predicted octanol–water partition coefficient (Wildman–Crippen LogP) is 5.94. The first kappa shape index (κ1) is 21.0. The van der Waals surface area contributed by atoms with Gasteiger partial charge in [0.25, 0.3) is 0 Å². The van der Waals surface area contributed by atoms with E-state index in [9.17, 15) is 4.79 Å². The Morgan fingerprint density at radius 2 is 1.11 bits per heavy atom. The molecule has 0 unspecified atom stereocenters. The molecule has 0 amide bonds. The average molecular weight is 374 g/mol. The molecule has 0 atom stereocenters. The van der Waals surface area contributed by atoms with Crippen LogP contribution < -0.4 is 9.47 Å². The second-order valence-corrected chi connectivity index (χ2v) is 5.98. The minimum atomic E-state index is -0.0269. The maximum Gasteiger partial charge on any atom is 0.193 e. The molecule has 0 aliphatic carbocycles. The van der Waals surface area contributed by atoms with Gasteiger partial charge in [-0.3, -0.25) is 4.79 Å². The lowest BCUT2D eigenvalue weighted by Crippen LogP contribution is -2.02. The molecule has 0 heterocycles. The van der Waals surface area contributed by atoms with E-state index in [0.29, 0.717) is 24.3 Å². The molecule has 2 aromatic carbocycles. The van der Waals surface area contributed by atoms with E-state index in [1.807, 2.05) is 48.6 Å². The van der Waals surface area contributed by atoms with E-state index < -0.39 is 0 Å². The Labute approximate surface area is 167 Å². The monoisotopic (exact) mass is 374 g/mol.